The van der Waals surface area contributed by atoms with Gasteiger partial charge in [-0.05, 0) is 31.2 Å². The Morgan fingerprint density at radius 1 is 1.19 bits per heavy atom. The van der Waals surface area contributed by atoms with Gasteiger partial charge in [0.05, 0.1) is 19.8 Å². The van der Waals surface area contributed by atoms with Gasteiger partial charge in [0.2, 0.25) is 0 Å². The van der Waals surface area contributed by atoms with Crippen molar-refractivity contribution in [2.75, 3.05) is 18.5 Å². The number of rotatable bonds is 3. The van der Waals surface area contributed by atoms with Crippen LogP contribution in [0.3, 0.4) is 0 Å². The molecule has 0 fully saturated rings. The van der Waals surface area contributed by atoms with E-state index in [9.17, 15) is 9.90 Å². The summed E-state index contributed by atoms with van der Waals surface area (Å²) in [5.41, 5.74) is 3.67. The number of benzene rings is 2. The number of aromatic amines is 1. The molecule has 0 atom stereocenters. The van der Waals surface area contributed by atoms with Crippen molar-refractivity contribution in [3.05, 3.63) is 53.2 Å². The van der Waals surface area contributed by atoms with E-state index in [0.29, 0.717) is 41.7 Å². The molecule has 6 heteroatoms. The lowest BCUT2D eigenvalue weighted by Gasteiger charge is -2.14. The Bertz CT molecular complexity index is 977. The molecule has 1 aliphatic heterocycles. The largest absolute Gasteiger partial charge is 0.489 e. The molecule has 2 aromatic carbocycles. The lowest BCUT2D eigenvalue weighted by molar-refractivity contribution is 0.102. The van der Waals surface area contributed by atoms with E-state index in [1.54, 1.807) is 12.1 Å². The van der Waals surface area contributed by atoms with Crippen molar-refractivity contribution < 1.29 is 19.4 Å². The maximum absolute atomic E-state index is 12.6. The average molecular weight is 352 g/mol. The Morgan fingerprint density at radius 2 is 2.04 bits per heavy atom. The fourth-order valence-electron chi connectivity index (χ4n) is 3.11. The third kappa shape index (κ3) is 3.11. The number of anilines is 1. The van der Waals surface area contributed by atoms with Crippen LogP contribution in [-0.4, -0.2) is 29.2 Å². The first-order chi connectivity index (χ1) is 12.6. The maximum atomic E-state index is 12.6. The van der Waals surface area contributed by atoms with Gasteiger partial charge in [0.25, 0.3) is 5.91 Å². The van der Waals surface area contributed by atoms with Gasteiger partial charge < -0.3 is 24.9 Å². The van der Waals surface area contributed by atoms with Gasteiger partial charge in [0.1, 0.15) is 5.69 Å². The second-order valence-electron chi connectivity index (χ2n) is 6.40. The molecule has 26 heavy (non-hydrogen) atoms. The molecule has 0 bridgehead atoms. The number of H-pyrrole nitrogens is 1. The highest BCUT2D eigenvalue weighted by atomic mass is 16.5. The number of fused-ring (bicyclic) bond motifs is 2. The number of aliphatic hydroxyl groups is 1. The average Bonchev–Trinajstić information content (AvgIpc) is 2.91. The standard InChI is InChI=1S/C20H20N2O4/c1-12-3-4-16-13(7-12)9-17(22-16)20(24)21-15-8-14(11-23)19-18(10-15)25-5-2-6-26-19/h3-4,7-10,22-23H,2,5-6,11H2,1H3,(H,21,24). The number of carbonyl (C=O) groups excluding carboxylic acids is 1. The van der Waals surface area contributed by atoms with Gasteiger partial charge in [-0.25, -0.2) is 0 Å². The monoisotopic (exact) mass is 352 g/mol. The minimum atomic E-state index is -0.253. The highest BCUT2D eigenvalue weighted by Gasteiger charge is 2.18. The van der Waals surface area contributed by atoms with Crippen LogP contribution in [0.2, 0.25) is 0 Å². The van der Waals surface area contributed by atoms with Crippen LogP contribution in [0.25, 0.3) is 10.9 Å². The van der Waals surface area contributed by atoms with Crippen LogP contribution >= 0.6 is 0 Å². The molecule has 3 N–H and O–H groups in total. The molecule has 0 aliphatic carbocycles. The van der Waals surface area contributed by atoms with Crippen molar-refractivity contribution >= 4 is 22.5 Å². The van der Waals surface area contributed by atoms with Gasteiger partial charge in [-0.2, -0.15) is 0 Å². The van der Waals surface area contributed by atoms with Gasteiger partial charge in [-0.3, -0.25) is 4.79 Å². The molecule has 0 radical (unpaired) electrons. The molecule has 1 amide bonds. The zero-order valence-corrected chi connectivity index (χ0v) is 14.5. The van der Waals surface area contributed by atoms with E-state index in [-0.39, 0.29) is 12.5 Å². The smallest absolute Gasteiger partial charge is 0.272 e. The van der Waals surface area contributed by atoms with E-state index in [4.69, 9.17) is 9.47 Å². The normalized spacial score (nSPS) is 13.5. The van der Waals surface area contributed by atoms with Gasteiger partial charge in [-0.1, -0.05) is 11.6 Å². The van der Waals surface area contributed by atoms with Gasteiger partial charge >= 0.3 is 0 Å². The molecule has 0 saturated carbocycles. The molecule has 3 aromatic rings. The lowest BCUT2D eigenvalue weighted by Crippen LogP contribution is -2.13. The molecule has 134 valence electrons. The molecule has 0 saturated heterocycles. The molecule has 1 aliphatic rings. The van der Waals surface area contributed by atoms with Crippen molar-refractivity contribution in [1.82, 2.24) is 4.98 Å². The topological polar surface area (TPSA) is 83.6 Å². The molecular weight excluding hydrogens is 332 g/mol. The summed E-state index contributed by atoms with van der Waals surface area (Å²) < 4.78 is 11.3. The van der Waals surface area contributed by atoms with E-state index in [1.165, 1.54) is 0 Å². The molecular formula is C20H20N2O4. The summed E-state index contributed by atoms with van der Waals surface area (Å²) in [5, 5.41) is 13.5. The highest BCUT2D eigenvalue weighted by Crippen LogP contribution is 2.36. The predicted octanol–water partition coefficient (Wildman–Crippen LogP) is 3.38. The maximum Gasteiger partial charge on any atom is 0.272 e. The third-order valence-electron chi connectivity index (χ3n) is 4.37. The van der Waals surface area contributed by atoms with E-state index in [1.807, 2.05) is 31.2 Å². The van der Waals surface area contributed by atoms with E-state index < -0.39 is 0 Å². The minimum Gasteiger partial charge on any atom is -0.489 e. The Morgan fingerprint density at radius 3 is 2.88 bits per heavy atom. The minimum absolute atomic E-state index is 0.193. The number of aryl methyl sites for hydroxylation is 1. The van der Waals surface area contributed by atoms with Crippen LogP contribution in [0.5, 0.6) is 11.5 Å². The SMILES string of the molecule is Cc1ccc2[nH]c(C(=O)Nc3cc(CO)c4c(c3)OCCCO4)cc2c1. The molecule has 0 spiro atoms. The fraction of sp³-hybridized carbons (Fsp3) is 0.250. The summed E-state index contributed by atoms with van der Waals surface area (Å²) >= 11 is 0. The summed E-state index contributed by atoms with van der Waals surface area (Å²) in [6, 6.07) is 11.2. The summed E-state index contributed by atoms with van der Waals surface area (Å²) in [6.45, 7) is 2.90. The van der Waals surface area contributed by atoms with E-state index in [2.05, 4.69) is 10.3 Å². The van der Waals surface area contributed by atoms with Crippen LogP contribution in [-0.2, 0) is 6.61 Å². The Balaban J connectivity index is 1.63. The van der Waals surface area contributed by atoms with Crippen molar-refractivity contribution in [1.29, 1.82) is 0 Å². The van der Waals surface area contributed by atoms with Crippen molar-refractivity contribution in [3.8, 4) is 11.5 Å². The molecule has 2 heterocycles. The number of hydrogen-bond donors (Lipinski definition) is 3. The number of amides is 1. The number of aromatic nitrogens is 1. The molecule has 4 rings (SSSR count). The second kappa shape index (κ2) is 6.72. The Hall–Kier alpha value is -2.99. The van der Waals surface area contributed by atoms with E-state index >= 15 is 0 Å². The highest BCUT2D eigenvalue weighted by molar-refractivity contribution is 6.06. The number of carbonyl (C=O) groups is 1. The summed E-state index contributed by atoms with van der Waals surface area (Å²) in [6.07, 6.45) is 0.774. The second-order valence-corrected chi connectivity index (χ2v) is 6.40. The summed E-state index contributed by atoms with van der Waals surface area (Å²) in [5.74, 6) is 0.831. The fourth-order valence-corrected chi connectivity index (χ4v) is 3.11. The Labute approximate surface area is 150 Å². The first kappa shape index (κ1) is 16.5. The molecule has 1 aromatic heterocycles. The number of hydrogen-bond acceptors (Lipinski definition) is 4. The van der Waals surface area contributed by atoms with Crippen LogP contribution in [0.4, 0.5) is 5.69 Å². The lowest BCUT2D eigenvalue weighted by atomic mass is 10.1. The number of nitrogens with one attached hydrogen (secondary N) is 2. The Kier molecular flexibility index (Phi) is 4.26. The zero-order valence-electron chi connectivity index (χ0n) is 14.5. The first-order valence-corrected chi connectivity index (χ1v) is 8.58. The number of ether oxygens (including phenoxy) is 2. The van der Waals surface area contributed by atoms with Crippen LogP contribution in [0, 0.1) is 6.92 Å². The van der Waals surface area contributed by atoms with Gasteiger partial charge in [0.15, 0.2) is 11.5 Å². The van der Waals surface area contributed by atoms with Crippen molar-refractivity contribution in [2.45, 2.75) is 20.0 Å². The van der Waals surface area contributed by atoms with Crippen LogP contribution in [0.15, 0.2) is 36.4 Å². The first-order valence-electron chi connectivity index (χ1n) is 8.58. The number of aliphatic hydroxyl groups excluding tert-OH is 1. The molecule has 0 unspecified atom stereocenters. The molecule has 6 nitrogen and oxygen atoms in total. The zero-order chi connectivity index (χ0) is 18.1. The van der Waals surface area contributed by atoms with Gasteiger partial charge in [0, 0.05) is 34.6 Å². The van der Waals surface area contributed by atoms with Crippen LogP contribution in [0.1, 0.15) is 28.0 Å². The summed E-state index contributed by atoms with van der Waals surface area (Å²) in [4.78, 5) is 15.8. The quantitative estimate of drug-likeness (QED) is 0.675. The van der Waals surface area contributed by atoms with Gasteiger partial charge in [-0.15, -0.1) is 0 Å². The van der Waals surface area contributed by atoms with Crippen LogP contribution < -0.4 is 14.8 Å². The predicted molar refractivity (Wildman–Crippen MR) is 99.0 cm³/mol. The third-order valence-corrected chi connectivity index (χ3v) is 4.37. The summed E-state index contributed by atoms with van der Waals surface area (Å²) in [7, 11) is 0. The van der Waals surface area contributed by atoms with E-state index in [0.717, 1.165) is 22.9 Å². The van der Waals surface area contributed by atoms with Crippen molar-refractivity contribution in [2.24, 2.45) is 0 Å². The van der Waals surface area contributed by atoms with Crippen molar-refractivity contribution in [3.63, 3.8) is 0 Å².